The third-order valence-electron chi connectivity index (χ3n) is 3.99. The van der Waals surface area contributed by atoms with Gasteiger partial charge in [-0.15, -0.1) is 0 Å². The number of unbranched alkanes of at least 4 members (excludes halogenated alkanes) is 1. The number of anilines is 1. The van der Waals surface area contributed by atoms with Gasteiger partial charge in [0.05, 0.1) is 34.0 Å². The van der Waals surface area contributed by atoms with E-state index < -0.39 is 0 Å². The summed E-state index contributed by atoms with van der Waals surface area (Å²) in [6.07, 6.45) is 1.81. The van der Waals surface area contributed by atoms with Crippen molar-refractivity contribution < 1.29 is 19.1 Å². The van der Waals surface area contributed by atoms with Crippen molar-refractivity contribution in [3.63, 3.8) is 0 Å². The largest absolute Gasteiger partial charge is 0.496 e. The molecule has 0 spiro atoms. The molecule has 0 saturated carbocycles. The van der Waals surface area contributed by atoms with Gasteiger partial charge in [-0.25, -0.2) is 9.78 Å². The van der Waals surface area contributed by atoms with Gasteiger partial charge in [-0.3, -0.25) is 10.1 Å². The van der Waals surface area contributed by atoms with Crippen LogP contribution in [0.25, 0.3) is 10.2 Å². The lowest BCUT2D eigenvalue weighted by Crippen LogP contribution is -2.11. The Morgan fingerprint density at radius 1 is 1.18 bits per heavy atom. The highest BCUT2D eigenvalue weighted by Crippen LogP contribution is 2.29. The van der Waals surface area contributed by atoms with E-state index in [1.54, 1.807) is 43.5 Å². The van der Waals surface area contributed by atoms with Gasteiger partial charge in [-0.2, -0.15) is 0 Å². The Bertz CT molecular complexity index is 1020. The number of nitrogens with zero attached hydrogens (tertiary/aromatic N) is 1. The van der Waals surface area contributed by atoms with Crippen LogP contribution in [0.3, 0.4) is 0 Å². The summed E-state index contributed by atoms with van der Waals surface area (Å²) in [5.41, 5.74) is 1.66. The molecule has 6 nitrogen and oxygen atoms in total. The normalized spacial score (nSPS) is 10.7. The molecule has 28 heavy (non-hydrogen) atoms. The first-order valence-electron chi connectivity index (χ1n) is 8.74. The zero-order valence-electron chi connectivity index (χ0n) is 15.5. The second-order valence-corrected chi connectivity index (χ2v) is 7.88. The van der Waals surface area contributed by atoms with Crippen LogP contribution < -0.4 is 10.1 Å². The number of ether oxygens (including phenoxy) is 2. The van der Waals surface area contributed by atoms with Gasteiger partial charge >= 0.3 is 5.97 Å². The molecule has 0 unspecified atom stereocenters. The number of hydrogen-bond donors (Lipinski definition) is 1. The van der Waals surface area contributed by atoms with Crippen molar-refractivity contribution in [2.75, 3.05) is 19.0 Å². The highest BCUT2D eigenvalue weighted by Gasteiger charge is 2.14. The Labute approximate surface area is 175 Å². The molecular weight excluding hydrogens is 444 g/mol. The van der Waals surface area contributed by atoms with Crippen molar-refractivity contribution in [1.82, 2.24) is 4.98 Å². The van der Waals surface area contributed by atoms with E-state index >= 15 is 0 Å². The van der Waals surface area contributed by atoms with E-state index in [0.29, 0.717) is 38.6 Å². The Hall–Kier alpha value is -2.45. The Morgan fingerprint density at radius 3 is 2.68 bits per heavy atom. The van der Waals surface area contributed by atoms with E-state index in [-0.39, 0.29) is 11.9 Å². The molecule has 8 heteroatoms. The van der Waals surface area contributed by atoms with Gasteiger partial charge in [0.2, 0.25) is 0 Å². The quantitative estimate of drug-likeness (QED) is 0.381. The van der Waals surface area contributed by atoms with Crippen LogP contribution in [0.5, 0.6) is 5.75 Å². The second-order valence-electron chi connectivity index (χ2n) is 5.99. The van der Waals surface area contributed by atoms with Crippen LogP contribution in [0, 0.1) is 0 Å². The SMILES string of the molecule is CCCCOC(=O)c1ccc2nc(NC(=O)c3ccc(OC)c(Br)c3)sc2c1. The standard InChI is InChI=1S/C20H19BrN2O4S/c1-3-4-9-27-19(25)13-5-7-15-17(11-13)28-20(22-15)23-18(24)12-6-8-16(26-2)14(21)10-12/h5-8,10-11H,3-4,9H2,1-2H3,(H,22,23,24). The van der Waals surface area contributed by atoms with Gasteiger partial charge < -0.3 is 9.47 Å². The Balaban J connectivity index is 1.74. The number of hydrogen-bond acceptors (Lipinski definition) is 6. The minimum atomic E-state index is -0.350. The maximum absolute atomic E-state index is 12.5. The highest BCUT2D eigenvalue weighted by molar-refractivity contribution is 9.10. The summed E-state index contributed by atoms with van der Waals surface area (Å²) in [7, 11) is 1.56. The predicted molar refractivity (Wildman–Crippen MR) is 113 cm³/mol. The lowest BCUT2D eigenvalue weighted by Gasteiger charge is -2.05. The molecule has 146 valence electrons. The van der Waals surface area contributed by atoms with Crippen LogP contribution in [0.2, 0.25) is 0 Å². The van der Waals surface area contributed by atoms with E-state index in [9.17, 15) is 9.59 Å². The van der Waals surface area contributed by atoms with Crippen molar-refractivity contribution in [1.29, 1.82) is 0 Å². The molecule has 1 heterocycles. The van der Waals surface area contributed by atoms with Crippen LogP contribution in [0.15, 0.2) is 40.9 Å². The first kappa shape index (κ1) is 20.3. The van der Waals surface area contributed by atoms with Crippen LogP contribution >= 0.6 is 27.3 Å². The number of nitrogens with one attached hydrogen (secondary N) is 1. The maximum Gasteiger partial charge on any atom is 0.338 e. The maximum atomic E-state index is 12.5. The molecule has 0 aliphatic carbocycles. The molecule has 2 aromatic carbocycles. The lowest BCUT2D eigenvalue weighted by atomic mass is 10.2. The van der Waals surface area contributed by atoms with Gasteiger partial charge in [0, 0.05) is 5.56 Å². The molecule has 0 radical (unpaired) electrons. The van der Waals surface area contributed by atoms with E-state index in [4.69, 9.17) is 9.47 Å². The minimum Gasteiger partial charge on any atom is -0.496 e. The molecule has 1 N–H and O–H groups in total. The Kier molecular flexibility index (Phi) is 6.64. The predicted octanol–water partition coefficient (Wildman–Crippen LogP) is 5.28. The number of esters is 1. The van der Waals surface area contributed by atoms with Crippen LogP contribution in [-0.4, -0.2) is 30.6 Å². The second kappa shape index (κ2) is 9.16. The molecule has 0 fully saturated rings. The summed E-state index contributed by atoms with van der Waals surface area (Å²) < 4.78 is 11.9. The number of methoxy groups -OCH3 is 1. The van der Waals surface area contributed by atoms with E-state index in [2.05, 4.69) is 26.2 Å². The molecule has 0 saturated heterocycles. The summed E-state index contributed by atoms with van der Waals surface area (Å²) >= 11 is 4.68. The van der Waals surface area contributed by atoms with Gasteiger partial charge in [-0.05, 0) is 58.7 Å². The van der Waals surface area contributed by atoms with Crippen molar-refractivity contribution >= 4 is 54.5 Å². The van der Waals surface area contributed by atoms with Crippen molar-refractivity contribution in [2.24, 2.45) is 0 Å². The molecular formula is C20H19BrN2O4S. The van der Waals surface area contributed by atoms with Gasteiger partial charge in [-0.1, -0.05) is 24.7 Å². The summed E-state index contributed by atoms with van der Waals surface area (Å²) in [5.74, 6) is 0.0221. The molecule has 0 aliphatic heterocycles. The first-order valence-corrected chi connectivity index (χ1v) is 10.4. The zero-order chi connectivity index (χ0) is 20.1. The number of aromatic nitrogens is 1. The first-order chi connectivity index (χ1) is 13.5. The number of carbonyl (C=O) groups is 2. The number of benzene rings is 2. The molecule has 1 aromatic heterocycles. The summed E-state index contributed by atoms with van der Waals surface area (Å²) in [5, 5.41) is 3.26. The number of rotatable bonds is 7. The third kappa shape index (κ3) is 4.69. The molecule has 0 bridgehead atoms. The summed E-state index contributed by atoms with van der Waals surface area (Å²) in [4.78, 5) is 29.0. The van der Waals surface area contributed by atoms with Gasteiger partial charge in [0.25, 0.3) is 5.91 Å². The topological polar surface area (TPSA) is 77.5 Å². The number of amides is 1. The van der Waals surface area contributed by atoms with Gasteiger partial charge in [0.15, 0.2) is 5.13 Å². The van der Waals surface area contributed by atoms with Gasteiger partial charge in [0.1, 0.15) is 5.75 Å². The summed E-state index contributed by atoms with van der Waals surface area (Å²) in [6.45, 7) is 2.45. The van der Waals surface area contributed by atoms with E-state index in [0.717, 1.165) is 17.5 Å². The van der Waals surface area contributed by atoms with E-state index in [1.807, 2.05) is 6.92 Å². The van der Waals surface area contributed by atoms with Crippen molar-refractivity contribution in [3.8, 4) is 5.75 Å². The Morgan fingerprint density at radius 2 is 1.96 bits per heavy atom. The lowest BCUT2D eigenvalue weighted by molar-refractivity contribution is 0.0500. The fourth-order valence-electron chi connectivity index (χ4n) is 2.47. The fraction of sp³-hybridized carbons (Fsp3) is 0.250. The number of carbonyl (C=O) groups excluding carboxylic acids is 2. The van der Waals surface area contributed by atoms with Crippen molar-refractivity contribution in [2.45, 2.75) is 19.8 Å². The number of halogens is 1. The number of fused-ring (bicyclic) bond motifs is 1. The van der Waals surface area contributed by atoms with Crippen molar-refractivity contribution in [3.05, 3.63) is 52.0 Å². The molecule has 0 atom stereocenters. The van der Waals surface area contributed by atoms with Crippen LogP contribution in [0.1, 0.15) is 40.5 Å². The molecule has 0 aliphatic rings. The summed E-state index contributed by atoms with van der Waals surface area (Å²) in [6, 6.07) is 10.3. The monoisotopic (exact) mass is 462 g/mol. The third-order valence-corrected chi connectivity index (χ3v) is 5.54. The van der Waals surface area contributed by atoms with E-state index in [1.165, 1.54) is 11.3 Å². The molecule has 3 rings (SSSR count). The fourth-order valence-corrected chi connectivity index (χ4v) is 3.92. The molecule has 3 aromatic rings. The smallest absolute Gasteiger partial charge is 0.338 e. The minimum absolute atomic E-state index is 0.276. The average molecular weight is 463 g/mol. The zero-order valence-corrected chi connectivity index (χ0v) is 17.9. The van der Waals surface area contributed by atoms with Crippen LogP contribution in [-0.2, 0) is 4.74 Å². The number of thiazole rings is 1. The molecule has 1 amide bonds. The highest BCUT2D eigenvalue weighted by atomic mass is 79.9. The average Bonchev–Trinajstić information content (AvgIpc) is 3.09. The van der Waals surface area contributed by atoms with Crippen LogP contribution in [0.4, 0.5) is 5.13 Å².